The highest BCUT2D eigenvalue weighted by Crippen LogP contribution is 2.29. The fraction of sp³-hybridized carbons (Fsp3) is 0.133. The van der Waals surface area contributed by atoms with Crippen molar-refractivity contribution >= 4 is 44.0 Å². The molecular formula is C15H11BrClN. The highest BCUT2D eigenvalue weighted by molar-refractivity contribution is 9.11. The Labute approximate surface area is 119 Å². The first kappa shape index (κ1) is 11.9. The van der Waals surface area contributed by atoms with E-state index in [9.17, 15) is 0 Å². The first-order valence-corrected chi connectivity index (χ1v) is 7.01. The van der Waals surface area contributed by atoms with Crippen LogP contribution < -0.4 is 0 Å². The maximum Gasteiger partial charge on any atom is 0.0724 e. The summed E-state index contributed by atoms with van der Waals surface area (Å²) in [6.07, 6.45) is 6.30. The Kier molecular flexibility index (Phi) is 3.23. The lowest BCUT2D eigenvalue weighted by molar-refractivity contribution is 1.03. The Morgan fingerprint density at radius 2 is 1.89 bits per heavy atom. The van der Waals surface area contributed by atoms with Crippen LogP contribution in [0.3, 0.4) is 0 Å². The van der Waals surface area contributed by atoms with Crippen molar-refractivity contribution in [1.82, 2.24) is 4.98 Å². The number of halogens is 2. The maximum atomic E-state index is 6.01. The van der Waals surface area contributed by atoms with Gasteiger partial charge in [0.1, 0.15) is 0 Å². The normalized spacial score (nSPS) is 15.4. The van der Waals surface area contributed by atoms with Crippen molar-refractivity contribution in [1.29, 1.82) is 0 Å². The summed E-state index contributed by atoms with van der Waals surface area (Å²) in [5, 5.41) is 1.85. The number of aromatic nitrogens is 1. The molecule has 90 valence electrons. The van der Waals surface area contributed by atoms with Crippen LogP contribution in [0.25, 0.3) is 16.5 Å². The molecule has 0 saturated heterocycles. The second-order valence-electron chi connectivity index (χ2n) is 4.34. The summed E-state index contributed by atoms with van der Waals surface area (Å²) >= 11 is 9.52. The quantitative estimate of drug-likeness (QED) is 0.690. The summed E-state index contributed by atoms with van der Waals surface area (Å²) in [4.78, 5) is 4.69. The molecule has 3 heteroatoms. The lowest BCUT2D eigenvalue weighted by Gasteiger charge is -2.11. The summed E-state index contributed by atoms with van der Waals surface area (Å²) in [5.41, 5.74) is 3.27. The van der Waals surface area contributed by atoms with E-state index in [1.807, 2.05) is 18.2 Å². The molecule has 0 aliphatic heterocycles. The van der Waals surface area contributed by atoms with Crippen molar-refractivity contribution in [3.8, 4) is 0 Å². The molecule has 1 aliphatic rings. The Balaban J connectivity index is 2.08. The zero-order valence-electron chi connectivity index (χ0n) is 9.66. The minimum Gasteiger partial charge on any atom is -0.248 e. The number of hydrogen-bond donors (Lipinski definition) is 0. The van der Waals surface area contributed by atoms with E-state index in [2.05, 4.69) is 45.2 Å². The van der Waals surface area contributed by atoms with Gasteiger partial charge in [0.2, 0.25) is 0 Å². The second-order valence-corrected chi connectivity index (χ2v) is 5.79. The van der Waals surface area contributed by atoms with Gasteiger partial charge in [-0.05, 0) is 41.1 Å². The molecule has 0 radical (unpaired) electrons. The van der Waals surface area contributed by atoms with Crippen LogP contribution in [-0.2, 0) is 0 Å². The standard InChI is InChI=1S/C15H11BrClN/c16-12-5-1-10(2-6-12)14-8-4-11-3-7-13(17)9-15(11)18-14/h1,3-5,7-9H,2,6H2. The number of rotatable bonds is 1. The Morgan fingerprint density at radius 3 is 2.67 bits per heavy atom. The molecule has 3 rings (SSSR count). The molecule has 1 heterocycles. The molecule has 0 atom stereocenters. The van der Waals surface area contributed by atoms with E-state index in [0.29, 0.717) is 0 Å². The van der Waals surface area contributed by atoms with E-state index >= 15 is 0 Å². The summed E-state index contributed by atoms with van der Waals surface area (Å²) in [6, 6.07) is 9.98. The molecule has 0 amide bonds. The van der Waals surface area contributed by atoms with Crippen LogP contribution >= 0.6 is 27.5 Å². The Morgan fingerprint density at radius 1 is 1.06 bits per heavy atom. The van der Waals surface area contributed by atoms with Gasteiger partial charge in [0.25, 0.3) is 0 Å². The van der Waals surface area contributed by atoms with Gasteiger partial charge >= 0.3 is 0 Å². The van der Waals surface area contributed by atoms with Gasteiger partial charge in [-0.2, -0.15) is 0 Å². The Hall–Kier alpha value is -1.12. The van der Waals surface area contributed by atoms with Gasteiger partial charge in [0.05, 0.1) is 11.2 Å². The van der Waals surface area contributed by atoms with Crippen LogP contribution in [0.2, 0.25) is 5.02 Å². The number of nitrogens with zero attached hydrogens (tertiary/aromatic N) is 1. The average molecular weight is 321 g/mol. The van der Waals surface area contributed by atoms with Gasteiger partial charge < -0.3 is 0 Å². The molecule has 0 fully saturated rings. The lowest BCUT2D eigenvalue weighted by Crippen LogP contribution is -1.93. The Bertz CT molecular complexity index is 673. The molecule has 1 aromatic carbocycles. The van der Waals surface area contributed by atoms with Gasteiger partial charge in [-0.1, -0.05) is 51.8 Å². The fourth-order valence-electron chi connectivity index (χ4n) is 2.09. The van der Waals surface area contributed by atoms with Crippen molar-refractivity contribution in [3.05, 3.63) is 57.7 Å². The van der Waals surface area contributed by atoms with Crippen LogP contribution in [0.5, 0.6) is 0 Å². The van der Waals surface area contributed by atoms with Crippen LogP contribution in [0.15, 0.2) is 47.0 Å². The zero-order valence-corrected chi connectivity index (χ0v) is 12.0. The first-order valence-electron chi connectivity index (χ1n) is 5.84. The molecule has 1 aliphatic carbocycles. The van der Waals surface area contributed by atoms with Gasteiger partial charge in [-0.25, -0.2) is 4.98 Å². The summed E-state index contributed by atoms with van der Waals surface area (Å²) < 4.78 is 1.25. The molecule has 1 aromatic heterocycles. The second kappa shape index (κ2) is 4.87. The molecule has 1 nitrogen and oxygen atoms in total. The third-order valence-electron chi connectivity index (χ3n) is 3.08. The van der Waals surface area contributed by atoms with E-state index in [1.165, 1.54) is 10.1 Å². The van der Waals surface area contributed by atoms with Crippen molar-refractivity contribution in [2.75, 3.05) is 0 Å². The average Bonchev–Trinajstić information content (AvgIpc) is 2.38. The zero-order chi connectivity index (χ0) is 12.5. The third-order valence-corrected chi connectivity index (χ3v) is 3.98. The van der Waals surface area contributed by atoms with Crippen molar-refractivity contribution in [3.63, 3.8) is 0 Å². The maximum absolute atomic E-state index is 6.01. The van der Waals surface area contributed by atoms with Crippen molar-refractivity contribution < 1.29 is 0 Å². The topological polar surface area (TPSA) is 12.9 Å². The van der Waals surface area contributed by atoms with Gasteiger partial charge in [-0.15, -0.1) is 0 Å². The molecular weight excluding hydrogens is 310 g/mol. The number of fused-ring (bicyclic) bond motifs is 1. The van der Waals surface area contributed by atoms with E-state index < -0.39 is 0 Å². The molecule has 2 aromatic rings. The number of benzene rings is 1. The van der Waals surface area contributed by atoms with E-state index in [-0.39, 0.29) is 0 Å². The molecule has 0 N–H and O–H groups in total. The first-order chi connectivity index (χ1) is 8.72. The monoisotopic (exact) mass is 319 g/mol. The fourth-order valence-corrected chi connectivity index (χ4v) is 2.59. The molecule has 18 heavy (non-hydrogen) atoms. The SMILES string of the molecule is Clc1ccc2ccc(C3=CC=C(Br)CC3)nc2c1. The minimum absolute atomic E-state index is 0.729. The van der Waals surface area contributed by atoms with Crippen LogP contribution in [0.4, 0.5) is 0 Å². The molecule has 0 bridgehead atoms. The molecule has 0 saturated carbocycles. The molecule has 0 unspecified atom stereocenters. The van der Waals surface area contributed by atoms with E-state index in [4.69, 9.17) is 11.6 Å². The number of allylic oxidation sites excluding steroid dienone is 4. The number of pyridine rings is 1. The predicted octanol–water partition coefficient (Wildman–Crippen LogP) is 5.34. The minimum atomic E-state index is 0.729. The van der Waals surface area contributed by atoms with Crippen molar-refractivity contribution in [2.45, 2.75) is 12.8 Å². The highest BCUT2D eigenvalue weighted by Gasteiger charge is 2.08. The van der Waals surface area contributed by atoms with Crippen LogP contribution in [-0.4, -0.2) is 4.98 Å². The highest BCUT2D eigenvalue weighted by atomic mass is 79.9. The predicted molar refractivity (Wildman–Crippen MR) is 81.0 cm³/mol. The van der Waals surface area contributed by atoms with Gasteiger partial charge in [0.15, 0.2) is 0 Å². The van der Waals surface area contributed by atoms with E-state index in [1.54, 1.807) is 0 Å². The summed E-state index contributed by atoms with van der Waals surface area (Å²) in [7, 11) is 0. The largest absolute Gasteiger partial charge is 0.248 e. The van der Waals surface area contributed by atoms with Gasteiger partial charge in [0, 0.05) is 10.4 Å². The summed E-state index contributed by atoms with van der Waals surface area (Å²) in [6.45, 7) is 0. The smallest absolute Gasteiger partial charge is 0.0724 e. The van der Waals surface area contributed by atoms with Crippen LogP contribution in [0, 0.1) is 0 Å². The van der Waals surface area contributed by atoms with Crippen molar-refractivity contribution in [2.24, 2.45) is 0 Å². The van der Waals surface area contributed by atoms with Gasteiger partial charge in [-0.3, -0.25) is 0 Å². The third kappa shape index (κ3) is 2.36. The number of hydrogen-bond acceptors (Lipinski definition) is 1. The van der Waals surface area contributed by atoms with Crippen LogP contribution in [0.1, 0.15) is 18.5 Å². The summed E-state index contributed by atoms with van der Waals surface area (Å²) in [5.74, 6) is 0. The van der Waals surface area contributed by atoms with E-state index in [0.717, 1.165) is 34.5 Å². The molecule has 0 spiro atoms. The lowest BCUT2D eigenvalue weighted by atomic mass is 10.0.